The number of alkyl halides is 3. The lowest BCUT2D eigenvalue weighted by Crippen LogP contribution is -2.28. The molecule has 0 aliphatic rings. The number of hydrogen-bond acceptors (Lipinski definition) is 3. The molecule has 0 aliphatic carbocycles. The highest BCUT2D eigenvalue weighted by Gasteiger charge is 2.27. The van der Waals surface area contributed by atoms with Crippen LogP contribution in [0.4, 0.5) is 13.2 Å². The molecule has 0 radical (unpaired) electrons. The Bertz CT molecular complexity index is 424. The molecular weight excluding hydrogens is 277 g/mol. The number of benzene rings is 1. The van der Waals surface area contributed by atoms with Gasteiger partial charge in [0.1, 0.15) is 0 Å². The molecule has 0 unspecified atom stereocenters. The number of rotatable bonds is 6. The van der Waals surface area contributed by atoms with Crippen LogP contribution in [0.1, 0.15) is 11.1 Å². The molecule has 0 spiro atoms. The van der Waals surface area contributed by atoms with Gasteiger partial charge in [-0.3, -0.25) is 4.79 Å². The zero-order chi connectivity index (χ0) is 14.3. The predicted octanol–water partition coefficient (Wildman–Crippen LogP) is 2.06. The lowest BCUT2D eigenvalue weighted by molar-refractivity contribution is -0.120. The van der Waals surface area contributed by atoms with Crippen LogP contribution in [0.3, 0.4) is 0 Å². The maximum Gasteiger partial charge on any atom is 0.441 e. The third-order valence-electron chi connectivity index (χ3n) is 2.38. The van der Waals surface area contributed by atoms with Crippen molar-refractivity contribution in [2.45, 2.75) is 18.5 Å². The highest BCUT2D eigenvalue weighted by Crippen LogP contribution is 2.29. The minimum Gasteiger partial charge on any atom is -0.355 e. The van der Waals surface area contributed by atoms with Crippen molar-refractivity contribution in [1.29, 1.82) is 0 Å². The van der Waals surface area contributed by atoms with E-state index in [0.717, 1.165) is 11.1 Å². The van der Waals surface area contributed by atoms with E-state index < -0.39 is 5.51 Å². The van der Waals surface area contributed by atoms with Gasteiger partial charge in [-0.15, -0.1) is 0 Å². The maximum atomic E-state index is 11.9. The lowest BCUT2D eigenvalue weighted by Gasteiger charge is -2.09. The number of hydrogen-bond donors (Lipinski definition) is 2. The Morgan fingerprint density at radius 2 is 1.89 bits per heavy atom. The molecule has 19 heavy (non-hydrogen) atoms. The molecule has 0 heterocycles. The van der Waals surface area contributed by atoms with Crippen LogP contribution in [0.5, 0.6) is 0 Å². The number of carbonyl (C=O) groups is 1. The molecule has 0 atom stereocenters. The van der Waals surface area contributed by atoms with E-state index in [2.05, 4.69) is 5.32 Å². The van der Waals surface area contributed by atoms with Crippen molar-refractivity contribution in [2.24, 2.45) is 5.73 Å². The van der Waals surface area contributed by atoms with E-state index in [9.17, 15) is 18.0 Å². The fourth-order valence-electron chi connectivity index (χ4n) is 1.52. The largest absolute Gasteiger partial charge is 0.441 e. The Labute approximate surface area is 113 Å². The Morgan fingerprint density at radius 1 is 1.26 bits per heavy atom. The van der Waals surface area contributed by atoms with Crippen LogP contribution >= 0.6 is 11.8 Å². The first-order chi connectivity index (χ1) is 8.92. The summed E-state index contributed by atoms with van der Waals surface area (Å²) in [5.41, 5.74) is 2.94. The van der Waals surface area contributed by atoms with E-state index in [1.165, 1.54) is 0 Å². The van der Waals surface area contributed by atoms with Crippen molar-refractivity contribution < 1.29 is 18.0 Å². The summed E-state index contributed by atoms with van der Waals surface area (Å²) in [5.74, 6) is -0.489. The van der Waals surface area contributed by atoms with Crippen molar-refractivity contribution >= 4 is 17.7 Å². The average molecular weight is 292 g/mol. The first kappa shape index (κ1) is 15.8. The van der Waals surface area contributed by atoms with Gasteiger partial charge in [0.2, 0.25) is 5.91 Å². The molecule has 1 amide bonds. The molecule has 1 aromatic rings. The number of thioether (sulfide) groups is 1. The second-order valence-corrected chi connectivity index (χ2v) is 4.95. The zero-order valence-electron chi connectivity index (χ0n) is 10.2. The van der Waals surface area contributed by atoms with Crippen LogP contribution in [0, 0.1) is 0 Å². The van der Waals surface area contributed by atoms with Crippen molar-refractivity contribution in [3.63, 3.8) is 0 Å². The number of nitrogens with one attached hydrogen (secondary N) is 1. The molecule has 1 rings (SSSR count). The van der Waals surface area contributed by atoms with Crippen LogP contribution in [0.2, 0.25) is 0 Å². The van der Waals surface area contributed by atoms with E-state index in [0.29, 0.717) is 6.54 Å². The van der Waals surface area contributed by atoms with Crippen molar-refractivity contribution in [2.75, 3.05) is 12.3 Å². The van der Waals surface area contributed by atoms with Gasteiger partial charge in [-0.2, -0.15) is 13.2 Å². The molecule has 0 aromatic heterocycles. The molecule has 106 valence electrons. The summed E-state index contributed by atoms with van der Waals surface area (Å²) in [6.07, 6.45) is 0.129. The molecule has 1 aromatic carbocycles. The molecule has 0 saturated carbocycles. The molecule has 3 N–H and O–H groups in total. The van der Waals surface area contributed by atoms with Crippen LogP contribution in [-0.2, 0) is 17.8 Å². The molecule has 0 bridgehead atoms. The minimum atomic E-state index is -4.25. The normalized spacial score (nSPS) is 11.4. The summed E-state index contributed by atoms with van der Waals surface area (Å²) in [4.78, 5) is 11.6. The van der Waals surface area contributed by atoms with Gasteiger partial charge in [0, 0.05) is 18.8 Å². The fourth-order valence-corrected chi connectivity index (χ4v) is 1.96. The molecule has 0 aliphatic heterocycles. The fraction of sp³-hybridized carbons (Fsp3) is 0.417. The van der Waals surface area contributed by atoms with Crippen LogP contribution in [0.15, 0.2) is 24.3 Å². The first-order valence-corrected chi connectivity index (χ1v) is 6.65. The van der Waals surface area contributed by atoms with Gasteiger partial charge in [-0.05, 0) is 22.9 Å². The Morgan fingerprint density at radius 3 is 2.47 bits per heavy atom. The molecule has 0 saturated heterocycles. The monoisotopic (exact) mass is 292 g/mol. The van der Waals surface area contributed by atoms with Gasteiger partial charge in [0.05, 0.1) is 6.42 Å². The van der Waals surface area contributed by atoms with Crippen LogP contribution < -0.4 is 11.1 Å². The Kier molecular flexibility index (Phi) is 6.17. The summed E-state index contributed by atoms with van der Waals surface area (Å²) in [6.45, 7) is 0.321. The standard InChI is InChI=1S/C12H15F3N2OS/c13-12(14,15)19-6-5-17-11(18)7-9-3-1-2-4-10(9)8-16/h1-4H,5-8,16H2,(H,17,18). The maximum absolute atomic E-state index is 11.9. The van der Waals surface area contributed by atoms with E-state index in [1.807, 2.05) is 12.1 Å². The van der Waals surface area contributed by atoms with Gasteiger partial charge in [-0.25, -0.2) is 0 Å². The SMILES string of the molecule is NCc1ccccc1CC(=O)NCCSC(F)(F)F. The smallest absolute Gasteiger partial charge is 0.355 e. The summed E-state index contributed by atoms with van der Waals surface area (Å²) in [5, 5.41) is 2.45. The molecule has 0 fully saturated rings. The van der Waals surface area contributed by atoms with Crippen LogP contribution in [0.25, 0.3) is 0 Å². The molecule has 7 heteroatoms. The quantitative estimate of drug-likeness (QED) is 0.789. The third kappa shape index (κ3) is 6.49. The van der Waals surface area contributed by atoms with Crippen molar-refractivity contribution in [1.82, 2.24) is 5.32 Å². The van der Waals surface area contributed by atoms with Gasteiger partial charge >= 0.3 is 5.51 Å². The van der Waals surface area contributed by atoms with Crippen molar-refractivity contribution in [3.8, 4) is 0 Å². The second kappa shape index (κ2) is 7.40. The minimum absolute atomic E-state index is 0.00615. The van der Waals surface area contributed by atoms with E-state index in [4.69, 9.17) is 5.73 Å². The highest BCUT2D eigenvalue weighted by molar-refractivity contribution is 8.00. The predicted molar refractivity (Wildman–Crippen MR) is 69.6 cm³/mol. The number of amides is 1. The van der Waals surface area contributed by atoms with Gasteiger partial charge in [0.15, 0.2) is 0 Å². The molecule has 3 nitrogen and oxygen atoms in total. The van der Waals surface area contributed by atoms with E-state index >= 15 is 0 Å². The summed E-state index contributed by atoms with van der Waals surface area (Å²) >= 11 is -0.145. The molecular formula is C12H15F3N2OS. The highest BCUT2D eigenvalue weighted by atomic mass is 32.2. The zero-order valence-corrected chi connectivity index (χ0v) is 11.0. The topological polar surface area (TPSA) is 55.1 Å². The summed E-state index contributed by atoms with van der Waals surface area (Å²) < 4.78 is 35.6. The van der Waals surface area contributed by atoms with E-state index in [1.54, 1.807) is 12.1 Å². The number of carbonyl (C=O) groups excluding carboxylic acids is 1. The Hall–Kier alpha value is -1.21. The second-order valence-electron chi connectivity index (χ2n) is 3.79. The summed E-state index contributed by atoms with van der Waals surface area (Å²) in [7, 11) is 0. The first-order valence-electron chi connectivity index (χ1n) is 5.66. The van der Waals surface area contributed by atoms with Gasteiger partial charge < -0.3 is 11.1 Å². The van der Waals surface area contributed by atoms with E-state index in [-0.39, 0.29) is 36.4 Å². The third-order valence-corrected chi connectivity index (χ3v) is 3.11. The lowest BCUT2D eigenvalue weighted by atomic mass is 10.0. The number of nitrogens with two attached hydrogens (primary N) is 1. The number of halogens is 3. The Balaban J connectivity index is 2.35. The van der Waals surface area contributed by atoms with Crippen LogP contribution in [-0.4, -0.2) is 23.7 Å². The average Bonchev–Trinajstić information content (AvgIpc) is 2.34. The van der Waals surface area contributed by atoms with Gasteiger partial charge in [0.25, 0.3) is 0 Å². The van der Waals surface area contributed by atoms with Crippen molar-refractivity contribution in [3.05, 3.63) is 35.4 Å². The van der Waals surface area contributed by atoms with Gasteiger partial charge in [-0.1, -0.05) is 24.3 Å². The summed E-state index contributed by atoms with van der Waals surface area (Å²) in [6, 6.07) is 7.22.